The second-order valence-corrected chi connectivity index (χ2v) is 3.93. The minimum Gasteiger partial charge on any atom is -0.399 e. The van der Waals surface area contributed by atoms with E-state index in [0.717, 1.165) is 18.2 Å². The SMILES string of the molecule is Nc1ccc(Nc2ccc(F)cc2)c(C(F)(F)F)c1. The Balaban J connectivity index is 2.37. The third kappa shape index (κ3) is 3.15. The van der Waals surface area contributed by atoms with Crippen molar-refractivity contribution < 1.29 is 17.6 Å². The van der Waals surface area contributed by atoms with E-state index in [9.17, 15) is 17.6 Å². The molecule has 3 N–H and O–H groups in total. The number of benzene rings is 2. The van der Waals surface area contributed by atoms with Crippen LogP contribution in [0.1, 0.15) is 5.56 Å². The summed E-state index contributed by atoms with van der Waals surface area (Å²) in [5.74, 6) is -0.459. The van der Waals surface area contributed by atoms with Crippen LogP contribution in [0.25, 0.3) is 0 Å². The molecule has 0 fully saturated rings. The number of nitrogens with two attached hydrogens (primary N) is 1. The fourth-order valence-corrected chi connectivity index (χ4v) is 1.59. The van der Waals surface area contributed by atoms with Crippen LogP contribution in [-0.2, 0) is 6.18 Å². The smallest absolute Gasteiger partial charge is 0.399 e. The van der Waals surface area contributed by atoms with Gasteiger partial charge < -0.3 is 11.1 Å². The van der Waals surface area contributed by atoms with Gasteiger partial charge in [0.15, 0.2) is 0 Å². The zero-order valence-corrected chi connectivity index (χ0v) is 9.63. The van der Waals surface area contributed by atoms with Crippen LogP contribution in [0.2, 0.25) is 0 Å². The highest BCUT2D eigenvalue weighted by atomic mass is 19.4. The molecule has 0 atom stereocenters. The van der Waals surface area contributed by atoms with Crippen LogP contribution in [0.4, 0.5) is 34.6 Å². The van der Waals surface area contributed by atoms with Gasteiger partial charge in [-0.1, -0.05) is 0 Å². The van der Waals surface area contributed by atoms with E-state index in [-0.39, 0.29) is 11.4 Å². The molecule has 2 aromatic carbocycles. The summed E-state index contributed by atoms with van der Waals surface area (Å²) in [6, 6.07) is 8.48. The first-order valence-electron chi connectivity index (χ1n) is 5.35. The Labute approximate surface area is 106 Å². The lowest BCUT2D eigenvalue weighted by atomic mass is 10.1. The summed E-state index contributed by atoms with van der Waals surface area (Å²) in [5, 5.41) is 2.59. The van der Waals surface area contributed by atoms with Crippen molar-refractivity contribution in [2.75, 3.05) is 11.1 Å². The van der Waals surface area contributed by atoms with Gasteiger partial charge in [0.2, 0.25) is 0 Å². The molecule has 0 aliphatic carbocycles. The molecule has 0 spiro atoms. The van der Waals surface area contributed by atoms with Crippen molar-refractivity contribution in [3.05, 3.63) is 53.8 Å². The van der Waals surface area contributed by atoms with Crippen LogP contribution in [0.15, 0.2) is 42.5 Å². The van der Waals surface area contributed by atoms with E-state index >= 15 is 0 Å². The average molecular weight is 270 g/mol. The number of hydrogen-bond donors (Lipinski definition) is 2. The Kier molecular flexibility index (Phi) is 3.33. The molecule has 0 aliphatic heterocycles. The maximum Gasteiger partial charge on any atom is 0.418 e. The van der Waals surface area contributed by atoms with Gasteiger partial charge in [-0.15, -0.1) is 0 Å². The molecule has 6 heteroatoms. The standard InChI is InChI=1S/C13H10F4N2/c14-8-1-4-10(5-2-8)19-12-6-3-9(18)7-11(12)13(15,16)17/h1-7,19H,18H2. The third-order valence-corrected chi connectivity index (χ3v) is 2.47. The summed E-state index contributed by atoms with van der Waals surface area (Å²) >= 11 is 0. The lowest BCUT2D eigenvalue weighted by Crippen LogP contribution is -2.09. The molecule has 19 heavy (non-hydrogen) atoms. The molecule has 2 nitrogen and oxygen atoms in total. The Morgan fingerprint density at radius 3 is 2.16 bits per heavy atom. The molecule has 0 unspecified atom stereocenters. The summed E-state index contributed by atoms with van der Waals surface area (Å²) in [6.07, 6.45) is -4.52. The minimum atomic E-state index is -4.52. The van der Waals surface area contributed by atoms with Gasteiger partial charge in [-0.05, 0) is 42.5 Å². The van der Waals surface area contributed by atoms with Crippen molar-refractivity contribution in [1.82, 2.24) is 0 Å². The summed E-state index contributed by atoms with van der Waals surface area (Å²) in [4.78, 5) is 0. The molecule has 100 valence electrons. The molecule has 0 aromatic heterocycles. The van der Waals surface area contributed by atoms with Gasteiger partial charge in [-0.2, -0.15) is 13.2 Å². The van der Waals surface area contributed by atoms with Crippen LogP contribution >= 0.6 is 0 Å². The molecule has 0 saturated heterocycles. The predicted molar refractivity (Wildman–Crippen MR) is 65.5 cm³/mol. The van der Waals surface area contributed by atoms with Crippen molar-refractivity contribution in [2.24, 2.45) is 0 Å². The van der Waals surface area contributed by atoms with E-state index in [0.29, 0.717) is 5.69 Å². The molecule has 0 amide bonds. The molecule has 2 aromatic rings. The van der Waals surface area contributed by atoms with Crippen molar-refractivity contribution in [3.63, 3.8) is 0 Å². The van der Waals surface area contributed by atoms with Crippen molar-refractivity contribution >= 4 is 17.1 Å². The molecule has 0 radical (unpaired) electrons. The van der Waals surface area contributed by atoms with Crippen LogP contribution in [0, 0.1) is 5.82 Å². The Hall–Kier alpha value is -2.24. The van der Waals surface area contributed by atoms with Gasteiger partial charge in [0.1, 0.15) is 5.82 Å². The number of rotatable bonds is 2. The zero-order valence-electron chi connectivity index (χ0n) is 9.63. The predicted octanol–water partition coefficient (Wildman–Crippen LogP) is 4.17. The second kappa shape index (κ2) is 4.79. The molecule has 2 rings (SSSR count). The number of nitrogen functional groups attached to an aromatic ring is 1. The molecule has 0 saturated carbocycles. The van der Waals surface area contributed by atoms with E-state index < -0.39 is 17.6 Å². The lowest BCUT2D eigenvalue weighted by molar-refractivity contribution is -0.136. The maximum absolute atomic E-state index is 12.8. The minimum absolute atomic E-state index is 0.0250. The number of anilines is 3. The Morgan fingerprint density at radius 2 is 1.58 bits per heavy atom. The van der Waals surface area contributed by atoms with E-state index in [1.54, 1.807) is 0 Å². The fraction of sp³-hybridized carbons (Fsp3) is 0.0769. The number of hydrogen-bond acceptors (Lipinski definition) is 2. The van der Waals surface area contributed by atoms with E-state index in [1.165, 1.54) is 24.3 Å². The maximum atomic E-state index is 12.8. The Morgan fingerprint density at radius 1 is 0.947 bits per heavy atom. The van der Waals surface area contributed by atoms with Crippen LogP contribution in [0.3, 0.4) is 0 Å². The van der Waals surface area contributed by atoms with Gasteiger partial charge in [0.05, 0.1) is 11.3 Å². The van der Waals surface area contributed by atoms with Crippen molar-refractivity contribution in [2.45, 2.75) is 6.18 Å². The first-order valence-corrected chi connectivity index (χ1v) is 5.35. The molecular formula is C13H10F4N2. The monoisotopic (exact) mass is 270 g/mol. The van der Waals surface area contributed by atoms with Crippen molar-refractivity contribution in [1.29, 1.82) is 0 Å². The summed E-state index contributed by atoms with van der Waals surface area (Å²) in [7, 11) is 0. The molecule has 0 aliphatic rings. The first-order chi connectivity index (χ1) is 8.86. The first kappa shape index (κ1) is 13.2. The van der Waals surface area contributed by atoms with Crippen LogP contribution in [-0.4, -0.2) is 0 Å². The van der Waals surface area contributed by atoms with Gasteiger partial charge in [-0.3, -0.25) is 0 Å². The van der Waals surface area contributed by atoms with Gasteiger partial charge in [-0.25, -0.2) is 4.39 Å². The summed E-state index contributed by atoms with van der Waals surface area (Å²) in [5.41, 5.74) is 4.75. The largest absolute Gasteiger partial charge is 0.418 e. The van der Waals surface area contributed by atoms with E-state index in [2.05, 4.69) is 5.32 Å². The lowest BCUT2D eigenvalue weighted by Gasteiger charge is -2.15. The Bertz CT molecular complexity index is 576. The topological polar surface area (TPSA) is 38.0 Å². The van der Waals surface area contributed by atoms with Crippen LogP contribution in [0.5, 0.6) is 0 Å². The third-order valence-electron chi connectivity index (χ3n) is 2.47. The van der Waals surface area contributed by atoms with Crippen molar-refractivity contribution in [3.8, 4) is 0 Å². The zero-order chi connectivity index (χ0) is 14.0. The average Bonchev–Trinajstić information content (AvgIpc) is 2.33. The quantitative estimate of drug-likeness (QED) is 0.635. The molecule has 0 bridgehead atoms. The number of nitrogens with one attached hydrogen (secondary N) is 1. The van der Waals surface area contributed by atoms with E-state index in [4.69, 9.17) is 5.73 Å². The highest BCUT2D eigenvalue weighted by Crippen LogP contribution is 2.37. The van der Waals surface area contributed by atoms with Crippen LogP contribution < -0.4 is 11.1 Å². The number of alkyl halides is 3. The highest BCUT2D eigenvalue weighted by Gasteiger charge is 2.33. The van der Waals surface area contributed by atoms with Gasteiger partial charge in [0.25, 0.3) is 0 Å². The van der Waals surface area contributed by atoms with Gasteiger partial charge in [0, 0.05) is 11.4 Å². The van der Waals surface area contributed by atoms with Gasteiger partial charge >= 0.3 is 6.18 Å². The highest BCUT2D eigenvalue weighted by molar-refractivity contribution is 5.66. The molecular weight excluding hydrogens is 260 g/mol. The normalized spacial score (nSPS) is 11.4. The van der Waals surface area contributed by atoms with E-state index in [1.807, 2.05) is 0 Å². The second-order valence-electron chi connectivity index (χ2n) is 3.93. The summed E-state index contributed by atoms with van der Waals surface area (Å²) in [6.45, 7) is 0. The number of halogens is 4. The summed E-state index contributed by atoms with van der Waals surface area (Å²) < 4.78 is 51.2. The fourth-order valence-electron chi connectivity index (χ4n) is 1.59. The molecule has 0 heterocycles.